The minimum atomic E-state index is -1.07. The third-order valence-electron chi connectivity index (χ3n) is 6.38. The van der Waals surface area contributed by atoms with E-state index >= 15 is 0 Å². The number of para-hydroxylation sites is 1. The van der Waals surface area contributed by atoms with Crippen molar-refractivity contribution in [2.45, 2.75) is 39.3 Å². The molecule has 3 amide bonds. The van der Waals surface area contributed by atoms with E-state index in [2.05, 4.69) is 50.0 Å². The normalized spacial score (nSPS) is 17.8. The standard InChI is InChI=1S/C26H31N9O2/c1-17(2)16-35-21-12-5-4-11-20(21)24(34-13-6-3-7-14-34)28-23(25(35)36)29-26(37)27-19-10-8-9-18(15-19)22-30-32-33-31-22/h4-5,8-12,15,17,23H,3,6-7,13-14,16H2,1-2H3,(H2,27,29,37)(H,30,31,32,33). The highest BCUT2D eigenvalue weighted by molar-refractivity contribution is 6.12. The summed E-state index contributed by atoms with van der Waals surface area (Å²) in [6.07, 6.45) is 2.25. The summed E-state index contributed by atoms with van der Waals surface area (Å²) in [5, 5.41) is 19.6. The first kappa shape index (κ1) is 24.4. The fraction of sp³-hybridized carbons (Fsp3) is 0.385. The predicted octanol–water partition coefficient (Wildman–Crippen LogP) is 3.25. The molecule has 2 aliphatic rings. The maximum Gasteiger partial charge on any atom is 0.321 e. The van der Waals surface area contributed by atoms with Gasteiger partial charge in [-0.15, -0.1) is 10.2 Å². The van der Waals surface area contributed by atoms with Crippen LogP contribution in [0.1, 0.15) is 38.7 Å². The van der Waals surface area contributed by atoms with Crippen LogP contribution >= 0.6 is 0 Å². The van der Waals surface area contributed by atoms with Crippen molar-refractivity contribution in [1.29, 1.82) is 0 Å². The summed E-state index contributed by atoms with van der Waals surface area (Å²) in [6.45, 7) is 6.39. The molecule has 3 aromatic rings. The molecule has 3 heterocycles. The number of aromatic nitrogens is 4. The molecule has 11 heteroatoms. The molecule has 1 aromatic heterocycles. The number of fused-ring (bicyclic) bond motifs is 1. The Morgan fingerprint density at radius 1 is 1.11 bits per heavy atom. The smallest absolute Gasteiger partial charge is 0.321 e. The van der Waals surface area contributed by atoms with Crippen LogP contribution in [0.4, 0.5) is 16.2 Å². The van der Waals surface area contributed by atoms with Gasteiger partial charge in [0.15, 0.2) is 0 Å². The number of hydrogen-bond acceptors (Lipinski definition) is 7. The molecule has 192 valence electrons. The van der Waals surface area contributed by atoms with Gasteiger partial charge in [-0.1, -0.05) is 38.1 Å². The van der Waals surface area contributed by atoms with Gasteiger partial charge in [0.05, 0.1) is 5.69 Å². The molecule has 5 rings (SSSR count). The quantitative estimate of drug-likeness (QED) is 0.492. The molecule has 1 unspecified atom stereocenters. The van der Waals surface area contributed by atoms with Crippen molar-refractivity contribution in [3.05, 3.63) is 54.1 Å². The number of benzene rings is 2. The molecule has 0 bridgehead atoms. The average Bonchev–Trinajstić information content (AvgIpc) is 3.42. The van der Waals surface area contributed by atoms with Gasteiger partial charge in [-0.05, 0) is 54.7 Å². The summed E-state index contributed by atoms with van der Waals surface area (Å²) in [6, 6.07) is 14.4. The summed E-state index contributed by atoms with van der Waals surface area (Å²) < 4.78 is 0. The van der Waals surface area contributed by atoms with E-state index in [-0.39, 0.29) is 11.8 Å². The molecule has 11 nitrogen and oxygen atoms in total. The van der Waals surface area contributed by atoms with Crippen molar-refractivity contribution in [3.63, 3.8) is 0 Å². The van der Waals surface area contributed by atoms with Crippen LogP contribution in [0.5, 0.6) is 0 Å². The van der Waals surface area contributed by atoms with Gasteiger partial charge in [-0.3, -0.25) is 4.79 Å². The van der Waals surface area contributed by atoms with E-state index in [1.54, 1.807) is 23.1 Å². The molecule has 1 fully saturated rings. The van der Waals surface area contributed by atoms with Crippen molar-refractivity contribution in [2.75, 3.05) is 29.9 Å². The zero-order valence-corrected chi connectivity index (χ0v) is 21.0. The molecule has 2 aliphatic heterocycles. The lowest BCUT2D eigenvalue weighted by Crippen LogP contribution is -2.49. The number of H-pyrrole nitrogens is 1. The van der Waals surface area contributed by atoms with Gasteiger partial charge >= 0.3 is 6.03 Å². The van der Waals surface area contributed by atoms with Crippen LogP contribution in [-0.4, -0.2) is 69.1 Å². The summed E-state index contributed by atoms with van der Waals surface area (Å²) in [5.74, 6) is 1.14. The maximum absolute atomic E-state index is 13.8. The zero-order chi connectivity index (χ0) is 25.8. The van der Waals surface area contributed by atoms with Gasteiger partial charge in [0.2, 0.25) is 12.0 Å². The number of benzodiazepines with no additional fused rings is 1. The second-order valence-corrected chi connectivity index (χ2v) is 9.68. The molecule has 0 spiro atoms. The first-order valence-corrected chi connectivity index (χ1v) is 12.6. The number of nitrogens with one attached hydrogen (secondary N) is 3. The van der Waals surface area contributed by atoms with Gasteiger partial charge in [-0.25, -0.2) is 9.79 Å². The largest absolute Gasteiger partial charge is 0.356 e. The Bertz CT molecular complexity index is 1280. The average molecular weight is 502 g/mol. The molecular formula is C26H31N9O2. The second-order valence-electron chi connectivity index (χ2n) is 9.68. The summed E-state index contributed by atoms with van der Waals surface area (Å²) in [5.41, 5.74) is 2.96. The highest BCUT2D eigenvalue weighted by atomic mass is 16.2. The number of rotatable bonds is 5. The topological polar surface area (TPSA) is 132 Å². The third kappa shape index (κ3) is 5.45. The highest BCUT2D eigenvalue weighted by Gasteiger charge is 2.34. The van der Waals surface area contributed by atoms with Crippen LogP contribution < -0.4 is 15.5 Å². The van der Waals surface area contributed by atoms with E-state index in [0.29, 0.717) is 23.6 Å². The molecule has 37 heavy (non-hydrogen) atoms. The number of nitrogens with zero attached hydrogens (tertiary/aromatic N) is 6. The Labute approximate surface area is 215 Å². The first-order chi connectivity index (χ1) is 18.0. The Hall–Kier alpha value is -4.28. The zero-order valence-electron chi connectivity index (χ0n) is 21.0. The number of carbonyl (C=O) groups is 2. The Kier molecular flexibility index (Phi) is 7.11. The molecule has 2 aromatic carbocycles. The molecule has 1 saturated heterocycles. The number of tetrazole rings is 1. The summed E-state index contributed by atoms with van der Waals surface area (Å²) >= 11 is 0. The lowest BCUT2D eigenvalue weighted by molar-refractivity contribution is -0.120. The highest BCUT2D eigenvalue weighted by Crippen LogP contribution is 2.29. The minimum absolute atomic E-state index is 0.232. The van der Waals surface area contributed by atoms with Gasteiger partial charge in [0.25, 0.3) is 5.91 Å². The Balaban J connectivity index is 1.44. The van der Waals surface area contributed by atoms with Crippen LogP contribution in [0.3, 0.4) is 0 Å². The molecule has 0 saturated carbocycles. The second kappa shape index (κ2) is 10.8. The molecule has 1 atom stereocenters. The summed E-state index contributed by atoms with van der Waals surface area (Å²) in [7, 11) is 0. The van der Waals surface area contributed by atoms with E-state index < -0.39 is 12.2 Å². The van der Waals surface area contributed by atoms with E-state index in [9.17, 15) is 9.59 Å². The van der Waals surface area contributed by atoms with Crippen LogP contribution in [0.25, 0.3) is 11.4 Å². The van der Waals surface area contributed by atoms with Crippen molar-refractivity contribution < 1.29 is 9.59 Å². The van der Waals surface area contributed by atoms with Gasteiger partial charge < -0.3 is 20.4 Å². The number of urea groups is 1. The van der Waals surface area contributed by atoms with Crippen molar-refractivity contribution >= 4 is 29.1 Å². The van der Waals surface area contributed by atoms with E-state index in [1.165, 1.54) is 6.42 Å². The monoisotopic (exact) mass is 501 g/mol. The molecule has 3 N–H and O–H groups in total. The molecular weight excluding hydrogens is 470 g/mol. The maximum atomic E-state index is 13.8. The number of aliphatic imine (C=N–C) groups is 1. The Morgan fingerprint density at radius 2 is 1.92 bits per heavy atom. The number of amidine groups is 1. The Morgan fingerprint density at radius 3 is 2.68 bits per heavy atom. The number of anilines is 2. The van der Waals surface area contributed by atoms with Crippen LogP contribution in [0, 0.1) is 5.92 Å². The minimum Gasteiger partial charge on any atom is -0.356 e. The van der Waals surface area contributed by atoms with Crippen molar-refractivity contribution in [2.24, 2.45) is 10.9 Å². The third-order valence-corrected chi connectivity index (χ3v) is 6.38. The number of hydrogen-bond donors (Lipinski definition) is 3. The molecule has 0 aliphatic carbocycles. The van der Waals surface area contributed by atoms with Crippen LogP contribution in [0.2, 0.25) is 0 Å². The first-order valence-electron chi connectivity index (χ1n) is 12.6. The fourth-order valence-electron chi connectivity index (χ4n) is 4.73. The fourth-order valence-corrected chi connectivity index (χ4v) is 4.73. The van der Waals surface area contributed by atoms with Crippen molar-refractivity contribution in [3.8, 4) is 11.4 Å². The van der Waals surface area contributed by atoms with Crippen molar-refractivity contribution in [1.82, 2.24) is 30.8 Å². The SMILES string of the molecule is CC(C)CN1C(=O)C(NC(=O)Nc2cccc(-c3nn[nH]n3)c2)N=C(N2CCCCC2)c2ccccc21. The number of carbonyl (C=O) groups excluding carboxylic acids is 2. The van der Waals surface area contributed by atoms with Gasteiger partial charge in [-0.2, -0.15) is 5.21 Å². The van der Waals surface area contributed by atoms with E-state index in [0.717, 1.165) is 43.0 Å². The lowest BCUT2D eigenvalue weighted by Gasteiger charge is -2.31. The number of amides is 3. The number of aromatic amines is 1. The number of likely N-dealkylation sites (tertiary alicyclic amines) is 1. The molecule has 0 radical (unpaired) electrons. The predicted molar refractivity (Wildman–Crippen MR) is 141 cm³/mol. The van der Waals surface area contributed by atoms with Crippen LogP contribution in [-0.2, 0) is 4.79 Å². The lowest BCUT2D eigenvalue weighted by atomic mass is 10.1. The van der Waals surface area contributed by atoms with Gasteiger partial charge in [0.1, 0.15) is 5.84 Å². The summed E-state index contributed by atoms with van der Waals surface area (Å²) in [4.78, 5) is 35.7. The van der Waals surface area contributed by atoms with E-state index in [1.807, 2.05) is 30.3 Å². The van der Waals surface area contributed by atoms with Gasteiger partial charge in [0, 0.05) is 36.4 Å². The number of piperidine rings is 1. The van der Waals surface area contributed by atoms with E-state index in [4.69, 9.17) is 4.99 Å². The van der Waals surface area contributed by atoms with Crippen LogP contribution in [0.15, 0.2) is 53.5 Å².